The first kappa shape index (κ1) is 11.1. The third-order valence-electron chi connectivity index (χ3n) is 2.45. The van der Waals surface area contributed by atoms with E-state index in [9.17, 15) is 4.79 Å². The molecule has 0 unspecified atom stereocenters. The van der Waals surface area contributed by atoms with Gasteiger partial charge in [0.05, 0.1) is 5.69 Å². The minimum Gasteiger partial charge on any atom is -0.477 e. The second-order valence-corrected chi connectivity index (χ2v) is 3.56. The maximum atomic E-state index is 10.8. The number of nitrogens with zero attached hydrogens (tertiary/aromatic N) is 2. The highest BCUT2D eigenvalue weighted by atomic mass is 16.4. The zero-order valence-electron chi connectivity index (χ0n) is 9.27. The summed E-state index contributed by atoms with van der Waals surface area (Å²) in [6.07, 6.45) is 4.01. The molecule has 4 N–H and O–H groups in total. The number of nitrogens with one attached hydrogen (secondary N) is 1. The molecule has 2 aromatic rings. The van der Waals surface area contributed by atoms with Gasteiger partial charge in [0.15, 0.2) is 0 Å². The first-order valence-electron chi connectivity index (χ1n) is 5.15. The molecule has 0 aromatic carbocycles. The fraction of sp³-hybridized carbons (Fsp3) is 0.182. The molecule has 0 saturated carbocycles. The standard InChI is InChI=1S/C11H12N4O2/c1-2-6-4-14-11(12)15-9(6)7-3-8(10(16)17)13-5-7/h3-5,13H,2H2,1H3,(H,16,17)(H2,12,14,15). The molecule has 17 heavy (non-hydrogen) atoms. The Labute approximate surface area is 97.5 Å². The van der Waals surface area contributed by atoms with Gasteiger partial charge in [-0.1, -0.05) is 6.92 Å². The van der Waals surface area contributed by atoms with Crippen molar-refractivity contribution in [1.29, 1.82) is 0 Å². The van der Waals surface area contributed by atoms with Gasteiger partial charge in [-0.05, 0) is 18.1 Å². The summed E-state index contributed by atoms with van der Waals surface area (Å²) in [4.78, 5) is 21.5. The molecule has 0 fully saturated rings. The molecule has 2 aromatic heterocycles. The topological polar surface area (TPSA) is 105 Å². The SMILES string of the molecule is CCc1cnc(N)nc1-c1c[nH]c(C(=O)O)c1. The van der Waals surface area contributed by atoms with Crippen LogP contribution in [0.25, 0.3) is 11.3 Å². The average Bonchev–Trinajstić information content (AvgIpc) is 2.78. The highest BCUT2D eigenvalue weighted by Crippen LogP contribution is 2.23. The van der Waals surface area contributed by atoms with Crippen molar-refractivity contribution < 1.29 is 9.90 Å². The summed E-state index contributed by atoms with van der Waals surface area (Å²) in [6, 6.07) is 1.53. The summed E-state index contributed by atoms with van der Waals surface area (Å²) in [7, 11) is 0. The summed E-state index contributed by atoms with van der Waals surface area (Å²) >= 11 is 0. The van der Waals surface area contributed by atoms with Crippen LogP contribution in [0.2, 0.25) is 0 Å². The number of hydrogen-bond donors (Lipinski definition) is 3. The number of H-pyrrole nitrogens is 1. The Bertz CT molecular complexity index is 562. The minimum absolute atomic E-state index is 0.124. The molecule has 6 heteroatoms. The van der Waals surface area contributed by atoms with Gasteiger partial charge in [0.1, 0.15) is 5.69 Å². The Morgan fingerprint density at radius 1 is 1.59 bits per heavy atom. The number of anilines is 1. The van der Waals surface area contributed by atoms with Crippen LogP contribution in [0.5, 0.6) is 0 Å². The number of aromatic carboxylic acids is 1. The first-order valence-corrected chi connectivity index (χ1v) is 5.15. The molecule has 0 radical (unpaired) electrons. The molecule has 0 bridgehead atoms. The molecule has 0 spiro atoms. The molecule has 0 amide bonds. The van der Waals surface area contributed by atoms with Gasteiger partial charge in [0.25, 0.3) is 0 Å². The van der Waals surface area contributed by atoms with E-state index < -0.39 is 5.97 Å². The predicted molar refractivity (Wildman–Crippen MR) is 62.6 cm³/mol. The van der Waals surface area contributed by atoms with Gasteiger partial charge in [0, 0.05) is 18.0 Å². The molecule has 0 saturated heterocycles. The fourth-order valence-electron chi connectivity index (χ4n) is 1.58. The van der Waals surface area contributed by atoms with E-state index in [-0.39, 0.29) is 11.6 Å². The largest absolute Gasteiger partial charge is 0.477 e. The van der Waals surface area contributed by atoms with Gasteiger partial charge < -0.3 is 15.8 Å². The lowest BCUT2D eigenvalue weighted by molar-refractivity contribution is 0.0691. The van der Waals surface area contributed by atoms with Crippen LogP contribution < -0.4 is 5.73 Å². The molecule has 6 nitrogen and oxygen atoms in total. The molecule has 2 heterocycles. The van der Waals surface area contributed by atoms with E-state index in [0.29, 0.717) is 11.3 Å². The molecule has 0 aliphatic carbocycles. The second kappa shape index (κ2) is 4.25. The Balaban J connectivity index is 2.51. The summed E-state index contributed by atoms with van der Waals surface area (Å²) < 4.78 is 0. The van der Waals surface area contributed by atoms with Crippen molar-refractivity contribution in [3.63, 3.8) is 0 Å². The molecule has 88 valence electrons. The van der Waals surface area contributed by atoms with Crippen LogP contribution in [-0.4, -0.2) is 26.0 Å². The number of nitrogen functional groups attached to an aromatic ring is 1. The van der Waals surface area contributed by atoms with Gasteiger partial charge in [-0.3, -0.25) is 0 Å². The molecule has 0 atom stereocenters. The summed E-state index contributed by atoms with van der Waals surface area (Å²) in [5, 5.41) is 8.84. The molecular weight excluding hydrogens is 220 g/mol. The van der Waals surface area contributed by atoms with Crippen LogP contribution in [0.1, 0.15) is 23.0 Å². The Hall–Kier alpha value is -2.37. The molecule has 0 aliphatic heterocycles. The Kier molecular flexibility index (Phi) is 2.78. The highest BCUT2D eigenvalue weighted by molar-refractivity contribution is 5.87. The Morgan fingerprint density at radius 2 is 2.35 bits per heavy atom. The number of aryl methyl sites for hydroxylation is 1. The van der Waals surface area contributed by atoms with Crippen molar-refractivity contribution in [2.45, 2.75) is 13.3 Å². The first-order chi connectivity index (χ1) is 8.11. The van der Waals surface area contributed by atoms with Gasteiger partial charge >= 0.3 is 5.97 Å². The third-order valence-corrected chi connectivity index (χ3v) is 2.45. The van der Waals surface area contributed by atoms with Gasteiger partial charge in [-0.25, -0.2) is 14.8 Å². The van der Waals surface area contributed by atoms with Crippen LogP contribution in [0.15, 0.2) is 18.5 Å². The summed E-state index contributed by atoms with van der Waals surface area (Å²) in [5.41, 5.74) is 7.96. The van der Waals surface area contributed by atoms with E-state index in [4.69, 9.17) is 10.8 Å². The third kappa shape index (κ3) is 2.10. The number of aromatic nitrogens is 3. The van der Waals surface area contributed by atoms with E-state index in [1.165, 1.54) is 6.07 Å². The predicted octanol–water partition coefficient (Wildman–Crippen LogP) is 1.31. The zero-order valence-corrected chi connectivity index (χ0v) is 9.27. The number of carboxylic acids is 1. The van der Waals surface area contributed by atoms with Crippen molar-refractivity contribution in [2.24, 2.45) is 0 Å². The number of nitrogens with two attached hydrogens (primary N) is 1. The van der Waals surface area contributed by atoms with Gasteiger partial charge in [0.2, 0.25) is 5.95 Å². The lowest BCUT2D eigenvalue weighted by atomic mass is 10.1. The van der Waals surface area contributed by atoms with Crippen LogP contribution in [-0.2, 0) is 6.42 Å². The van der Waals surface area contributed by atoms with Crippen LogP contribution >= 0.6 is 0 Å². The molecule has 2 rings (SSSR count). The second-order valence-electron chi connectivity index (χ2n) is 3.56. The maximum absolute atomic E-state index is 10.8. The van der Waals surface area contributed by atoms with Crippen LogP contribution in [0, 0.1) is 0 Å². The highest BCUT2D eigenvalue weighted by Gasteiger charge is 2.12. The normalized spacial score (nSPS) is 10.4. The van der Waals surface area contributed by atoms with Crippen LogP contribution in [0.3, 0.4) is 0 Å². The van der Waals surface area contributed by atoms with Crippen molar-refractivity contribution in [2.75, 3.05) is 5.73 Å². The van der Waals surface area contributed by atoms with Crippen molar-refractivity contribution in [1.82, 2.24) is 15.0 Å². The maximum Gasteiger partial charge on any atom is 0.352 e. The van der Waals surface area contributed by atoms with E-state index in [1.807, 2.05) is 6.92 Å². The number of carboxylic acid groups (broad SMARTS) is 1. The van der Waals surface area contributed by atoms with Crippen molar-refractivity contribution in [3.05, 3.63) is 29.7 Å². The summed E-state index contributed by atoms with van der Waals surface area (Å²) in [5.74, 6) is -0.827. The lowest BCUT2D eigenvalue weighted by Crippen LogP contribution is -1.99. The van der Waals surface area contributed by atoms with E-state index in [0.717, 1.165) is 12.0 Å². The van der Waals surface area contributed by atoms with Gasteiger partial charge in [-0.2, -0.15) is 0 Å². The average molecular weight is 232 g/mol. The van der Waals surface area contributed by atoms with E-state index in [1.54, 1.807) is 12.4 Å². The van der Waals surface area contributed by atoms with Crippen molar-refractivity contribution >= 4 is 11.9 Å². The van der Waals surface area contributed by atoms with E-state index in [2.05, 4.69) is 15.0 Å². The molecular formula is C11H12N4O2. The number of aromatic amines is 1. The van der Waals surface area contributed by atoms with Crippen molar-refractivity contribution in [3.8, 4) is 11.3 Å². The minimum atomic E-state index is -1.00. The molecule has 0 aliphatic rings. The number of rotatable bonds is 3. The van der Waals surface area contributed by atoms with Gasteiger partial charge in [-0.15, -0.1) is 0 Å². The van der Waals surface area contributed by atoms with Crippen LogP contribution in [0.4, 0.5) is 5.95 Å². The van der Waals surface area contributed by atoms with E-state index >= 15 is 0 Å². The number of hydrogen-bond acceptors (Lipinski definition) is 4. The lowest BCUT2D eigenvalue weighted by Gasteiger charge is -2.04. The zero-order chi connectivity index (χ0) is 12.4. The monoisotopic (exact) mass is 232 g/mol. The Morgan fingerprint density at radius 3 is 2.94 bits per heavy atom. The summed E-state index contributed by atoms with van der Waals surface area (Å²) in [6.45, 7) is 1.98. The smallest absolute Gasteiger partial charge is 0.352 e. The number of carbonyl (C=O) groups is 1. The fourth-order valence-corrected chi connectivity index (χ4v) is 1.58. The quantitative estimate of drug-likeness (QED) is 0.740.